The molecule has 1 aromatic rings. The van der Waals surface area contributed by atoms with Gasteiger partial charge in [-0.15, -0.1) is 11.6 Å². The molecule has 0 amide bonds. The van der Waals surface area contributed by atoms with Gasteiger partial charge in [0.15, 0.2) is 0 Å². The van der Waals surface area contributed by atoms with Crippen LogP contribution in [-0.4, -0.2) is 9.78 Å². The monoisotopic (exact) mass is 172 g/mol. The first-order chi connectivity index (χ1) is 5.20. The summed E-state index contributed by atoms with van der Waals surface area (Å²) in [7, 11) is 0. The quantitative estimate of drug-likeness (QED) is 0.626. The number of aromatic nitrogens is 2. The van der Waals surface area contributed by atoms with Gasteiger partial charge in [-0.05, 0) is 20.8 Å². The fraction of sp³-hybridized carbons (Fsp3) is 0.625. The van der Waals surface area contributed by atoms with E-state index < -0.39 is 0 Å². The SMILES string of the molecule is CCn1nc(C)c(CCl)c1C. The standard InChI is InChI=1S/C8H13ClN2/c1-4-11-7(3)8(5-9)6(2)10-11/h4-5H2,1-3H3. The number of hydrogen-bond acceptors (Lipinski definition) is 1. The number of nitrogens with zero attached hydrogens (tertiary/aromatic N) is 2. The maximum absolute atomic E-state index is 5.75. The van der Waals surface area contributed by atoms with Crippen molar-refractivity contribution in [3.05, 3.63) is 17.0 Å². The summed E-state index contributed by atoms with van der Waals surface area (Å²) < 4.78 is 1.98. The van der Waals surface area contributed by atoms with E-state index in [1.165, 1.54) is 11.3 Å². The maximum atomic E-state index is 5.75. The van der Waals surface area contributed by atoms with Gasteiger partial charge < -0.3 is 0 Å². The van der Waals surface area contributed by atoms with Gasteiger partial charge >= 0.3 is 0 Å². The minimum Gasteiger partial charge on any atom is -0.270 e. The molecule has 1 heterocycles. The molecule has 0 aliphatic rings. The zero-order valence-corrected chi connectivity index (χ0v) is 7.94. The predicted octanol–water partition coefficient (Wildman–Crippen LogP) is 2.26. The highest BCUT2D eigenvalue weighted by Gasteiger charge is 2.07. The number of alkyl halides is 1. The van der Waals surface area contributed by atoms with Crippen LogP contribution in [0.4, 0.5) is 0 Å². The topological polar surface area (TPSA) is 17.8 Å². The second kappa shape index (κ2) is 3.26. The molecule has 0 N–H and O–H groups in total. The minimum atomic E-state index is 0.567. The van der Waals surface area contributed by atoms with Gasteiger partial charge in [0.2, 0.25) is 0 Å². The van der Waals surface area contributed by atoms with Crippen LogP contribution >= 0.6 is 11.6 Å². The third-order valence-electron chi connectivity index (χ3n) is 1.96. The highest BCUT2D eigenvalue weighted by Crippen LogP contribution is 2.14. The average Bonchev–Trinajstić information content (AvgIpc) is 2.26. The Hall–Kier alpha value is -0.500. The number of rotatable bonds is 2. The number of aryl methyl sites for hydroxylation is 2. The van der Waals surface area contributed by atoms with Crippen molar-refractivity contribution in [2.45, 2.75) is 33.2 Å². The molecule has 11 heavy (non-hydrogen) atoms. The molecule has 62 valence electrons. The van der Waals surface area contributed by atoms with Gasteiger partial charge in [-0.2, -0.15) is 5.10 Å². The highest BCUT2D eigenvalue weighted by molar-refractivity contribution is 6.17. The van der Waals surface area contributed by atoms with Crippen LogP contribution < -0.4 is 0 Å². The van der Waals surface area contributed by atoms with Gasteiger partial charge in [0.05, 0.1) is 11.6 Å². The van der Waals surface area contributed by atoms with Crippen LogP contribution in [0.2, 0.25) is 0 Å². The first kappa shape index (κ1) is 8.60. The van der Waals surface area contributed by atoms with Gasteiger partial charge in [0, 0.05) is 17.8 Å². The Morgan fingerprint density at radius 2 is 2.09 bits per heavy atom. The molecule has 0 radical (unpaired) electrons. The first-order valence-corrected chi connectivity index (χ1v) is 4.33. The average molecular weight is 173 g/mol. The molecule has 3 heteroatoms. The first-order valence-electron chi connectivity index (χ1n) is 3.79. The van der Waals surface area contributed by atoms with Crippen LogP contribution in [0.5, 0.6) is 0 Å². The molecule has 2 nitrogen and oxygen atoms in total. The lowest BCUT2D eigenvalue weighted by molar-refractivity contribution is 0.634. The van der Waals surface area contributed by atoms with E-state index in [2.05, 4.69) is 18.9 Å². The van der Waals surface area contributed by atoms with Crippen molar-refractivity contribution in [1.82, 2.24) is 9.78 Å². The second-order valence-corrected chi connectivity index (χ2v) is 2.87. The Balaban J connectivity index is 3.14. The summed E-state index contributed by atoms with van der Waals surface area (Å²) in [6, 6.07) is 0. The van der Waals surface area contributed by atoms with Gasteiger partial charge in [0.1, 0.15) is 0 Å². The lowest BCUT2D eigenvalue weighted by atomic mass is 10.2. The molecule has 0 aromatic carbocycles. The summed E-state index contributed by atoms with van der Waals surface area (Å²) in [5, 5.41) is 4.33. The van der Waals surface area contributed by atoms with E-state index in [0.29, 0.717) is 5.88 Å². The van der Waals surface area contributed by atoms with Crippen molar-refractivity contribution < 1.29 is 0 Å². The molecule has 0 atom stereocenters. The summed E-state index contributed by atoms with van der Waals surface area (Å²) in [5.74, 6) is 0.567. The van der Waals surface area contributed by atoms with E-state index in [9.17, 15) is 0 Å². The zero-order chi connectivity index (χ0) is 8.43. The summed E-state index contributed by atoms with van der Waals surface area (Å²) >= 11 is 5.75. The lowest BCUT2D eigenvalue weighted by Gasteiger charge is -1.98. The molecule has 1 rings (SSSR count). The van der Waals surface area contributed by atoms with Gasteiger partial charge in [-0.3, -0.25) is 4.68 Å². The lowest BCUT2D eigenvalue weighted by Crippen LogP contribution is -1.98. The maximum Gasteiger partial charge on any atom is 0.0640 e. The van der Waals surface area contributed by atoms with Crippen LogP contribution in [0.25, 0.3) is 0 Å². The Kier molecular flexibility index (Phi) is 2.55. The Morgan fingerprint density at radius 1 is 1.45 bits per heavy atom. The minimum absolute atomic E-state index is 0.567. The summed E-state index contributed by atoms with van der Waals surface area (Å²) in [6.45, 7) is 7.05. The van der Waals surface area contributed by atoms with E-state index >= 15 is 0 Å². The van der Waals surface area contributed by atoms with Crippen LogP contribution in [0, 0.1) is 13.8 Å². The van der Waals surface area contributed by atoms with Crippen molar-refractivity contribution in [3.8, 4) is 0 Å². The van der Waals surface area contributed by atoms with Crippen LogP contribution in [0.3, 0.4) is 0 Å². The summed E-state index contributed by atoms with van der Waals surface area (Å²) in [5.41, 5.74) is 3.42. The van der Waals surface area contributed by atoms with Gasteiger partial charge in [-0.25, -0.2) is 0 Å². The second-order valence-electron chi connectivity index (χ2n) is 2.60. The molecule has 0 spiro atoms. The molecule has 1 aromatic heterocycles. The van der Waals surface area contributed by atoms with Crippen LogP contribution in [-0.2, 0) is 12.4 Å². The Labute approximate surface area is 72.2 Å². The number of hydrogen-bond donors (Lipinski definition) is 0. The Bertz CT molecular complexity index is 253. The molecule has 0 saturated heterocycles. The Morgan fingerprint density at radius 3 is 2.36 bits per heavy atom. The summed E-state index contributed by atoms with van der Waals surface area (Å²) in [4.78, 5) is 0. The van der Waals surface area contributed by atoms with Crippen molar-refractivity contribution in [2.75, 3.05) is 0 Å². The molecule has 0 aliphatic heterocycles. The van der Waals surface area contributed by atoms with Crippen molar-refractivity contribution in [1.29, 1.82) is 0 Å². The smallest absolute Gasteiger partial charge is 0.0640 e. The van der Waals surface area contributed by atoms with E-state index in [1.807, 2.05) is 11.6 Å². The molecular formula is C8H13ClN2. The normalized spacial score (nSPS) is 10.5. The predicted molar refractivity (Wildman–Crippen MR) is 46.9 cm³/mol. The highest BCUT2D eigenvalue weighted by atomic mass is 35.5. The van der Waals surface area contributed by atoms with E-state index in [0.717, 1.165) is 12.2 Å². The largest absolute Gasteiger partial charge is 0.270 e. The number of halogens is 1. The third-order valence-corrected chi connectivity index (χ3v) is 2.23. The van der Waals surface area contributed by atoms with Gasteiger partial charge in [0.25, 0.3) is 0 Å². The molecule has 0 bridgehead atoms. The van der Waals surface area contributed by atoms with Crippen LogP contribution in [0.15, 0.2) is 0 Å². The molecule has 0 unspecified atom stereocenters. The molecule has 0 fully saturated rings. The fourth-order valence-electron chi connectivity index (χ4n) is 1.24. The summed E-state index contributed by atoms with van der Waals surface area (Å²) in [6.07, 6.45) is 0. The van der Waals surface area contributed by atoms with Gasteiger partial charge in [-0.1, -0.05) is 0 Å². The van der Waals surface area contributed by atoms with Crippen molar-refractivity contribution in [3.63, 3.8) is 0 Å². The molecule has 0 saturated carbocycles. The van der Waals surface area contributed by atoms with E-state index in [-0.39, 0.29) is 0 Å². The molecule has 0 aliphatic carbocycles. The molecular weight excluding hydrogens is 160 g/mol. The van der Waals surface area contributed by atoms with Crippen molar-refractivity contribution in [2.24, 2.45) is 0 Å². The fourth-order valence-corrected chi connectivity index (χ4v) is 1.62. The zero-order valence-electron chi connectivity index (χ0n) is 7.19. The van der Waals surface area contributed by atoms with E-state index in [1.54, 1.807) is 0 Å². The van der Waals surface area contributed by atoms with Crippen LogP contribution in [0.1, 0.15) is 23.9 Å². The third kappa shape index (κ3) is 1.41. The van der Waals surface area contributed by atoms with E-state index in [4.69, 9.17) is 11.6 Å². The van der Waals surface area contributed by atoms with Crippen molar-refractivity contribution >= 4 is 11.6 Å².